The lowest BCUT2D eigenvalue weighted by atomic mass is 10.1. The van der Waals surface area contributed by atoms with Crippen LogP contribution in [-0.4, -0.2) is 13.2 Å². The first-order valence-corrected chi connectivity index (χ1v) is 7.26. The van der Waals surface area contributed by atoms with Gasteiger partial charge < -0.3 is 10.1 Å². The molecule has 3 heteroatoms. The van der Waals surface area contributed by atoms with Gasteiger partial charge in [0, 0.05) is 17.0 Å². The minimum absolute atomic E-state index is 0.541. The Morgan fingerprint density at radius 2 is 1.60 bits per heavy atom. The van der Waals surface area contributed by atoms with E-state index in [1.165, 1.54) is 11.1 Å². The van der Waals surface area contributed by atoms with Gasteiger partial charge in [0.1, 0.15) is 12.3 Å². The number of methoxy groups -OCH3 is 1. The van der Waals surface area contributed by atoms with Crippen LogP contribution in [0, 0.1) is 0 Å². The fourth-order valence-corrected chi connectivity index (χ4v) is 2.30. The molecule has 0 amide bonds. The number of nitrogens with two attached hydrogens (primary N) is 1. The molecule has 0 spiro atoms. The van der Waals surface area contributed by atoms with Crippen LogP contribution >= 0.6 is 11.6 Å². The van der Waals surface area contributed by atoms with Crippen molar-refractivity contribution in [3.63, 3.8) is 0 Å². The molecule has 0 unspecified atom stereocenters. The first kappa shape index (κ1) is 14.9. The van der Waals surface area contributed by atoms with Gasteiger partial charge in [-0.1, -0.05) is 35.9 Å². The highest BCUT2D eigenvalue weighted by atomic mass is 35.5. The second kappa shape index (κ2) is 7.32. The highest BCUT2D eigenvalue weighted by Gasteiger charge is 2.07. The maximum atomic E-state index is 5.89. The van der Waals surface area contributed by atoms with Gasteiger partial charge in [-0.3, -0.25) is 0 Å². The molecular weight excluding hydrogens is 270 g/mol. The highest BCUT2D eigenvalue weighted by molar-refractivity contribution is 6.30. The van der Waals surface area contributed by atoms with Crippen LogP contribution in [-0.2, 0) is 13.0 Å². The van der Waals surface area contributed by atoms with Crippen LogP contribution in [0.3, 0.4) is 0 Å². The van der Waals surface area contributed by atoms with Gasteiger partial charge in [-0.25, -0.2) is 0 Å². The third-order valence-electron chi connectivity index (χ3n) is 3.39. The predicted octanol–water partition coefficient (Wildman–Crippen LogP) is 3.04. The summed E-state index contributed by atoms with van der Waals surface area (Å²) in [4.78, 5) is 0. The molecule has 20 heavy (non-hydrogen) atoms. The summed E-state index contributed by atoms with van der Waals surface area (Å²) in [7, 11) is 1.69. The van der Waals surface area contributed by atoms with Crippen LogP contribution in [0.5, 0.6) is 5.75 Å². The monoisotopic (exact) mass is 290 g/mol. The zero-order valence-corrected chi connectivity index (χ0v) is 12.7. The minimum Gasteiger partial charge on any atom is -0.497 e. The van der Waals surface area contributed by atoms with E-state index in [0.29, 0.717) is 6.04 Å². The highest BCUT2D eigenvalue weighted by Crippen LogP contribution is 2.12. The SMILES string of the molecule is COc1ccc(C[C@H](C)[NH2+]Cc2ccc(Cl)cc2)cc1. The third kappa shape index (κ3) is 4.55. The van der Waals surface area contributed by atoms with Crippen molar-refractivity contribution in [2.45, 2.75) is 25.9 Å². The third-order valence-corrected chi connectivity index (χ3v) is 3.64. The fraction of sp³-hybridized carbons (Fsp3) is 0.294. The second-order valence-electron chi connectivity index (χ2n) is 5.10. The van der Waals surface area contributed by atoms with Crippen LogP contribution in [0.4, 0.5) is 0 Å². The van der Waals surface area contributed by atoms with Crippen LogP contribution in [0.15, 0.2) is 48.5 Å². The summed E-state index contributed by atoms with van der Waals surface area (Å²) in [5.74, 6) is 0.909. The molecule has 0 bridgehead atoms. The molecule has 0 aliphatic heterocycles. The van der Waals surface area contributed by atoms with Crippen LogP contribution in [0.25, 0.3) is 0 Å². The van der Waals surface area contributed by atoms with E-state index in [4.69, 9.17) is 16.3 Å². The average molecular weight is 291 g/mol. The Balaban J connectivity index is 1.82. The molecule has 0 aliphatic rings. The normalized spacial score (nSPS) is 12.2. The molecule has 2 aromatic carbocycles. The van der Waals surface area contributed by atoms with Crippen molar-refractivity contribution in [2.24, 2.45) is 0 Å². The fourth-order valence-electron chi connectivity index (χ4n) is 2.17. The van der Waals surface area contributed by atoms with Gasteiger partial charge in [-0.15, -0.1) is 0 Å². The largest absolute Gasteiger partial charge is 0.497 e. The van der Waals surface area contributed by atoms with Gasteiger partial charge in [-0.05, 0) is 36.8 Å². The Labute approximate surface area is 125 Å². The van der Waals surface area contributed by atoms with Crippen molar-refractivity contribution in [2.75, 3.05) is 7.11 Å². The smallest absolute Gasteiger partial charge is 0.118 e. The predicted molar refractivity (Wildman–Crippen MR) is 83.2 cm³/mol. The Kier molecular flexibility index (Phi) is 5.45. The van der Waals surface area contributed by atoms with E-state index in [0.717, 1.165) is 23.7 Å². The summed E-state index contributed by atoms with van der Waals surface area (Å²) in [6, 6.07) is 16.9. The van der Waals surface area contributed by atoms with E-state index in [2.05, 4.69) is 36.5 Å². The maximum Gasteiger partial charge on any atom is 0.118 e. The Hall–Kier alpha value is -1.51. The van der Waals surface area contributed by atoms with Crippen LogP contribution in [0.1, 0.15) is 18.1 Å². The quantitative estimate of drug-likeness (QED) is 0.869. The molecule has 0 saturated carbocycles. The van der Waals surface area contributed by atoms with E-state index >= 15 is 0 Å². The van der Waals surface area contributed by atoms with E-state index in [1.54, 1.807) is 7.11 Å². The van der Waals surface area contributed by atoms with Gasteiger partial charge in [-0.2, -0.15) is 0 Å². The lowest BCUT2D eigenvalue weighted by Crippen LogP contribution is -2.88. The Morgan fingerprint density at radius 3 is 2.20 bits per heavy atom. The van der Waals surface area contributed by atoms with Crippen LogP contribution in [0.2, 0.25) is 5.02 Å². The molecule has 0 aliphatic carbocycles. The second-order valence-corrected chi connectivity index (χ2v) is 5.53. The summed E-state index contributed by atoms with van der Waals surface area (Å²) in [6.07, 6.45) is 1.05. The summed E-state index contributed by atoms with van der Waals surface area (Å²) in [5.41, 5.74) is 2.64. The van der Waals surface area contributed by atoms with Gasteiger partial charge in [0.2, 0.25) is 0 Å². The lowest BCUT2D eigenvalue weighted by Gasteiger charge is -2.11. The lowest BCUT2D eigenvalue weighted by molar-refractivity contribution is -0.701. The molecule has 2 nitrogen and oxygen atoms in total. The van der Waals surface area contributed by atoms with Crippen molar-refractivity contribution in [1.29, 1.82) is 0 Å². The summed E-state index contributed by atoms with van der Waals surface area (Å²) >= 11 is 5.89. The van der Waals surface area contributed by atoms with E-state index < -0.39 is 0 Å². The molecule has 0 fully saturated rings. The first-order valence-electron chi connectivity index (χ1n) is 6.88. The van der Waals surface area contributed by atoms with E-state index in [9.17, 15) is 0 Å². The maximum absolute atomic E-state index is 5.89. The molecule has 106 valence electrons. The first-order chi connectivity index (χ1) is 9.67. The Morgan fingerprint density at radius 1 is 1.00 bits per heavy atom. The van der Waals surface area contributed by atoms with Crippen molar-refractivity contribution < 1.29 is 10.1 Å². The van der Waals surface area contributed by atoms with Crippen molar-refractivity contribution in [1.82, 2.24) is 0 Å². The molecule has 2 aromatic rings. The molecule has 0 aromatic heterocycles. The number of rotatable bonds is 6. The summed E-state index contributed by atoms with van der Waals surface area (Å²) in [6.45, 7) is 3.23. The van der Waals surface area contributed by atoms with Gasteiger partial charge in [0.25, 0.3) is 0 Å². The number of hydrogen-bond donors (Lipinski definition) is 1. The molecule has 2 rings (SSSR count). The molecule has 1 atom stereocenters. The van der Waals surface area contributed by atoms with E-state index in [1.807, 2.05) is 24.3 Å². The van der Waals surface area contributed by atoms with Gasteiger partial charge in [0.05, 0.1) is 13.2 Å². The molecule has 0 saturated heterocycles. The number of hydrogen-bond acceptors (Lipinski definition) is 1. The van der Waals surface area contributed by atoms with Crippen molar-refractivity contribution in [3.8, 4) is 5.75 Å². The van der Waals surface area contributed by atoms with Crippen LogP contribution < -0.4 is 10.1 Å². The molecule has 0 radical (unpaired) electrons. The molecule has 2 N–H and O–H groups in total. The van der Waals surface area contributed by atoms with Crippen molar-refractivity contribution in [3.05, 3.63) is 64.7 Å². The van der Waals surface area contributed by atoms with E-state index in [-0.39, 0.29) is 0 Å². The molecule has 0 heterocycles. The number of halogens is 1. The number of benzene rings is 2. The summed E-state index contributed by atoms with van der Waals surface area (Å²) < 4.78 is 5.17. The number of quaternary nitrogens is 1. The average Bonchev–Trinajstić information content (AvgIpc) is 2.47. The Bertz CT molecular complexity index is 522. The van der Waals surface area contributed by atoms with Gasteiger partial charge >= 0.3 is 0 Å². The topological polar surface area (TPSA) is 25.8 Å². The van der Waals surface area contributed by atoms with Crippen molar-refractivity contribution >= 4 is 11.6 Å². The minimum atomic E-state index is 0.541. The van der Waals surface area contributed by atoms with Gasteiger partial charge in [0.15, 0.2) is 0 Å². The zero-order chi connectivity index (χ0) is 14.4. The standard InChI is InChI=1S/C17H20ClNO/c1-13(11-14-5-9-17(20-2)10-6-14)19-12-15-3-7-16(18)8-4-15/h3-10,13,19H,11-12H2,1-2H3/p+1/t13-/m0/s1. The molecular formula is C17H21ClNO+. The summed E-state index contributed by atoms with van der Waals surface area (Å²) in [5, 5.41) is 3.15. The number of ether oxygens (including phenoxy) is 1. The zero-order valence-electron chi connectivity index (χ0n) is 12.0.